The lowest BCUT2D eigenvalue weighted by atomic mass is 9.98. The smallest absolute Gasteiger partial charge is 0.0399 e. The van der Waals surface area contributed by atoms with Crippen molar-refractivity contribution in [3.8, 4) is 0 Å². The highest BCUT2D eigenvalue weighted by atomic mass is 15.1. The number of hydrogen-bond acceptors (Lipinski definition) is 2. The summed E-state index contributed by atoms with van der Waals surface area (Å²) < 4.78 is 0. The van der Waals surface area contributed by atoms with Gasteiger partial charge >= 0.3 is 0 Å². The highest BCUT2D eigenvalue weighted by molar-refractivity contribution is 5.75. The molecule has 0 atom stereocenters. The molecule has 0 spiro atoms. The summed E-state index contributed by atoms with van der Waals surface area (Å²) >= 11 is 0. The average Bonchev–Trinajstić information content (AvgIpc) is 2.90. The summed E-state index contributed by atoms with van der Waals surface area (Å²) in [5.41, 5.74) is 10.9. The van der Waals surface area contributed by atoms with E-state index in [0.29, 0.717) is 0 Å². The van der Waals surface area contributed by atoms with Crippen molar-refractivity contribution in [3.05, 3.63) is 94.0 Å². The molecule has 0 amide bonds. The molecule has 0 aromatic heterocycles. The molecule has 0 bridgehead atoms. The van der Waals surface area contributed by atoms with Gasteiger partial charge in [-0.2, -0.15) is 0 Å². The fraction of sp³-hybridized carbons (Fsp3) is 0.312. The first-order valence-electron chi connectivity index (χ1n) is 13.0. The van der Waals surface area contributed by atoms with E-state index in [-0.39, 0.29) is 0 Å². The minimum atomic E-state index is 1.09. The van der Waals surface area contributed by atoms with Gasteiger partial charge in [-0.25, -0.2) is 0 Å². The lowest BCUT2D eigenvalue weighted by molar-refractivity contribution is 0.707. The third kappa shape index (κ3) is 4.97. The number of fused-ring (bicyclic) bond motifs is 2. The summed E-state index contributed by atoms with van der Waals surface area (Å²) in [7, 11) is 0. The topological polar surface area (TPSA) is 6.48 Å². The van der Waals surface area contributed by atoms with Crippen molar-refractivity contribution in [3.63, 3.8) is 0 Å². The van der Waals surface area contributed by atoms with E-state index in [1.165, 1.54) is 83.5 Å². The second kappa shape index (κ2) is 10.3. The normalized spacial score (nSPS) is 15.7. The first-order valence-corrected chi connectivity index (χ1v) is 13.0. The molecular formula is C32H36N2. The largest absolute Gasteiger partial charge is 0.372 e. The molecule has 0 N–H and O–H groups in total. The summed E-state index contributed by atoms with van der Waals surface area (Å²) in [6, 6.07) is 22.7. The zero-order chi connectivity index (χ0) is 23.3. The molecule has 2 heterocycles. The van der Waals surface area contributed by atoms with Crippen LogP contribution in [-0.4, -0.2) is 26.2 Å². The molecule has 0 aliphatic carbocycles. The van der Waals surface area contributed by atoms with Crippen molar-refractivity contribution >= 4 is 35.7 Å². The molecule has 0 saturated carbocycles. The number of hydrogen-bond donors (Lipinski definition) is 0. The van der Waals surface area contributed by atoms with Crippen LogP contribution in [0.25, 0.3) is 24.3 Å². The first kappa shape index (κ1) is 22.5. The number of nitrogens with zero attached hydrogens (tertiary/aromatic N) is 2. The van der Waals surface area contributed by atoms with Crippen molar-refractivity contribution in [1.82, 2.24) is 0 Å². The maximum atomic E-state index is 2.49. The van der Waals surface area contributed by atoms with Crippen LogP contribution in [0.15, 0.2) is 60.7 Å². The molecule has 0 saturated heterocycles. The Morgan fingerprint density at radius 1 is 0.559 bits per heavy atom. The zero-order valence-electron chi connectivity index (χ0n) is 20.6. The van der Waals surface area contributed by atoms with Crippen LogP contribution >= 0.6 is 0 Å². The highest BCUT2D eigenvalue weighted by Gasteiger charge is 2.16. The molecule has 0 fully saturated rings. The van der Waals surface area contributed by atoms with Gasteiger partial charge in [-0.05, 0) is 97.2 Å². The molecule has 2 aliphatic rings. The number of aryl methyl sites for hydroxylation is 2. The van der Waals surface area contributed by atoms with Gasteiger partial charge in [0.25, 0.3) is 0 Å². The minimum absolute atomic E-state index is 1.09. The zero-order valence-corrected chi connectivity index (χ0v) is 20.6. The standard InChI is InChI=1S/C32H36N2/c1-3-33-21-5-7-29-23-27(17-19-31(29)33)15-13-25-9-11-26(12-10-25)14-16-28-18-20-32-30(24-28)8-6-22-34(32)4-2/h9-20,23-24H,3-8,21-22H2,1-2H3/b15-13+,16-14+. The Labute approximate surface area is 205 Å². The van der Waals surface area contributed by atoms with Gasteiger partial charge in [-0.15, -0.1) is 0 Å². The van der Waals surface area contributed by atoms with Crippen LogP contribution in [0.4, 0.5) is 11.4 Å². The molecular weight excluding hydrogens is 412 g/mol. The fourth-order valence-corrected chi connectivity index (χ4v) is 5.36. The molecule has 174 valence electrons. The maximum absolute atomic E-state index is 2.49. The van der Waals surface area contributed by atoms with Crippen molar-refractivity contribution in [2.75, 3.05) is 36.0 Å². The second-order valence-electron chi connectivity index (χ2n) is 9.48. The molecule has 2 aliphatic heterocycles. The van der Waals surface area contributed by atoms with E-state index >= 15 is 0 Å². The lowest BCUT2D eigenvalue weighted by Gasteiger charge is -2.30. The van der Waals surface area contributed by atoms with Gasteiger partial charge in [0.1, 0.15) is 0 Å². The quantitative estimate of drug-likeness (QED) is 0.359. The lowest BCUT2D eigenvalue weighted by Crippen LogP contribution is -2.28. The van der Waals surface area contributed by atoms with Crippen molar-refractivity contribution in [2.24, 2.45) is 0 Å². The Hall–Kier alpha value is -3.26. The summed E-state index contributed by atoms with van der Waals surface area (Å²) in [4.78, 5) is 4.98. The fourth-order valence-electron chi connectivity index (χ4n) is 5.36. The third-order valence-corrected chi connectivity index (χ3v) is 7.27. The van der Waals surface area contributed by atoms with Crippen LogP contribution in [0.3, 0.4) is 0 Å². The predicted octanol–water partition coefficient (Wildman–Crippen LogP) is 7.57. The first-order chi connectivity index (χ1) is 16.7. The van der Waals surface area contributed by atoms with Crippen LogP contribution in [0.2, 0.25) is 0 Å². The van der Waals surface area contributed by atoms with Crippen molar-refractivity contribution < 1.29 is 0 Å². The number of anilines is 2. The van der Waals surface area contributed by atoms with Gasteiger partial charge in [0.2, 0.25) is 0 Å². The Bertz CT molecular complexity index is 1090. The van der Waals surface area contributed by atoms with Crippen molar-refractivity contribution in [2.45, 2.75) is 39.5 Å². The van der Waals surface area contributed by atoms with Gasteiger partial charge in [0.15, 0.2) is 0 Å². The molecule has 3 aromatic carbocycles. The van der Waals surface area contributed by atoms with Crippen LogP contribution in [-0.2, 0) is 12.8 Å². The van der Waals surface area contributed by atoms with Gasteiger partial charge in [0, 0.05) is 37.6 Å². The van der Waals surface area contributed by atoms with Crippen LogP contribution in [0.1, 0.15) is 60.1 Å². The van der Waals surface area contributed by atoms with Crippen LogP contribution in [0.5, 0.6) is 0 Å². The van der Waals surface area contributed by atoms with Crippen molar-refractivity contribution in [1.29, 1.82) is 0 Å². The van der Waals surface area contributed by atoms with E-state index in [4.69, 9.17) is 0 Å². The Balaban J connectivity index is 1.25. The van der Waals surface area contributed by atoms with E-state index in [0.717, 1.165) is 13.1 Å². The van der Waals surface area contributed by atoms with Gasteiger partial charge in [-0.3, -0.25) is 0 Å². The Morgan fingerprint density at radius 3 is 1.35 bits per heavy atom. The Morgan fingerprint density at radius 2 is 0.941 bits per heavy atom. The molecule has 5 rings (SSSR count). The van der Waals surface area contributed by atoms with Crippen LogP contribution in [0, 0.1) is 0 Å². The second-order valence-corrected chi connectivity index (χ2v) is 9.48. The van der Waals surface area contributed by atoms with E-state index in [1.54, 1.807) is 0 Å². The average molecular weight is 449 g/mol. The van der Waals surface area contributed by atoms with Gasteiger partial charge < -0.3 is 9.80 Å². The Kier molecular flexibility index (Phi) is 6.85. The predicted molar refractivity (Wildman–Crippen MR) is 150 cm³/mol. The molecule has 34 heavy (non-hydrogen) atoms. The maximum Gasteiger partial charge on any atom is 0.0399 e. The summed E-state index contributed by atoms with van der Waals surface area (Å²) in [6.07, 6.45) is 13.8. The van der Waals surface area contributed by atoms with E-state index in [1.807, 2.05) is 0 Å². The van der Waals surface area contributed by atoms with E-state index in [9.17, 15) is 0 Å². The molecule has 3 aromatic rings. The number of rotatable bonds is 6. The summed E-state index contributed by atoms with van der Waals surface area (Å²) in [5.74, 6) is 0. The minimum Gasteiger partial charge on any atom is -0.372 e. The van der Waals surface area contributed by atoms with Gasteiger partial charge in [-0.1, -0.05) is 60.7 Å². The monoisotopic (exact) mass is 448 g/mol. The molecule has 2 heteroatoms. The molecule has 2 nitrogen and oxygen atoms in total. The highest BCUT2D eigenvalue weighted by Crippen LogP contribution is 2.29. The summed E-state index contributed by atoms with van der Waals surface area (Å²) in [6.45, 7) is 9.04. The SMILES string of the molecule is CCN1CCCc2cc(/C=C/c3ccc(/C=C/c4ccc5c(c4)CCCN5CC)cc3)ccc21. The summed E-state index contributed by atoms with van der Waals surface area (Å²) in [5, 5.41) is 0. The molecule has 0 unspecified atom stereocenters. The van der Waals surface area contributed by atoms with E-state index in [2.05, 4.69) is 109 Å². The molecule has 0 radical (unpaired) electrons. The third-order valence-electron chi connectivity index (χ3n) is 7.27. The van der Waals surface area contributed by atoms with Gasteiger partial charge in [0.05, 0.1) is 0 Å². The number of benzene rings is 3. The van der Waals surface area contributed by atoms with Crippen LogP contribution < -0.4 is 9.80 Å². The van der Waals surface area contributed by atoms with E-state index < -0.39 is 0 Å².